The number of nitrogens with zero attached hydrogens (tertiary/aromatic N) is 2. The molecule has 0 N–H and O–H groups in total. The van der Waals surface area contributed by atoms with Crippen LogP contribution in [-0.2, 0) is 0 Å². The Morgan fingerprint density at radius 1 is 1.15 bits per heavy atom. The molecule has 0 spiro atoms. The van der Waals surface area contributed by atoms with E-state index < -0.39 is 5.82 Å². The van der Waals surface area contributed by atoms with Gasteiger partial charge in [0.05, 0.1) is 11.3 Å². The lowest BCUT2D eigenvalue weighted by Crippen LogP contribution is -2.54. The second-order valence-corrected chi connectivity index (χ2v) is 7.35. The molecule has 26 heavy (non-hydrogen) atoms. The molecule has 1 amide bonds. The zero-order valence-electron chi connectivity index (χ0n) is 14.7. The van der Waals surface area contributed by atoms with Crippen molar-refractivity contribution < 1.29 is 14.0 Å². The van der Waals surface area contributed by atoms with E-state index in [1.54, 1.807) is 18.2 Å². The molecule has 1 saturated heterocycles. The number of benzene rings is 2. The second kappa shape index (κ2) is 7.58. The zero-order chi connectivity index (χ0) is 18.8. The van der Waals surface area contributed by atoms with Crippen molar-refractivity contribution in [3.05, 3.63) is 63.9 Å². The van der Waals surface area contributed by atoms with Crippen molar-refractivity contribution in [2.45, 2.75) is 19.9 Å². The van der Waals surface area contributed by atoms with Crippen molar-refractivity contribution in [3.63, 3.8) is 0 Å². The van der Waals surface area contributed by atoms with E-state index in [1.165, 1.54) is 13.0 Å². The standard InChI is InChI=1S/C20H20BrFN2O2/c1-13-12-23(19-8-7-15(14(2)25)11-18(19)22)9-10-24(13)20(26)16-5-3-4-6-17(16)21/h3-8,11,13H,9-10,12H2,1-2H3/t13-/m1/s1. The maximum Gasteiger partial charge on any atom is 0.255 e. The number of piperazine rings is 1. The highest BCUT2D eigenvalue weighted by atomic mass is 79.9. The van der Waals surface area contributed by atoms with Crippen LogP contribution in [0.3, 0.4) is 0 Å². The van der Waals surface area contributed by atoms with Crippen molar-refractivity contribution in [1.29, 1.82) is 0 Å². The van der Waals surface area contributed by atoms with Gasteiger partial charge in [0, 0.05) is 35.7 Å². The molecule has 1 heterocycles. The van der Waals surface area contributed by atoms with E-state index >= 15 is 0 Å². The molecule has 1 fully saturated rings. The van der Waals surface area contributed by atoms with Gasteiger partial charge in [-0.05, 0) is 60.1 Å². The molecule has 1 aliphatic heterocycles. The smallest absolute Gasteiger partial charge is 0.255 e. The van der Waals surface area contributed by atoms with Crippen LogP contribution in [0.2, 0.25) is 0 Å². The summed E-state index contributed by atoms with van der Waals surface area (Å²) in [4.78, 5) is 28.0. The molecule has 6 heteroatoms. The Morgan fingerprint density at radius 3 is 2.50 bits per heavy atom. The summed E-state index contributed by atoms with van der Waals surface area (Å²) in [6.07, 6.45) is 0. The minimum Gasteiger partial charge on any atom is -0.365 e. The van der Waals surface area contributed by atoms with Crippen LogP contribution in [-0.4, -0.2) is 42.3 Å². The molecule has 0 bridgehead atoms. The number of rotatable bonds is 3. The number of Topliss-reactive ketones (excluding diaryl/α,β-unsaturated/α-hetero) is 1. The van der Waals surface area contributed by atoms with Gasteiger partial charge in [-0.25, -0.2) is 4.39 Å². The Bertz CT molecular complexity index is 855. The Hall–Kier alpha value is -2.21. The van der Waals surface area contributed by atoms with Crippen molar-refractivity contribution >= 4 is 33.3 Å². The van der Waals surface area contributed by atoms with Crippen LogP contribution in [0.25, 0.3) is 0 Å². The maximum absolute atomic E-state index is 14.4. The molecule has 0 unspecified atom stereocenters. The summed E-state index contributed by atoms with van der Waals surface area (Å²) in [5.74, 6) is -0.597. The van der Waals surface area contributed by atoms with Gasteiger partial charge in [0.15, 0.2) is 5.78 Å². The molecule has 3 rings (SSSR count). The Kier molecular flexibility index (Phi) is 5.41. The Morgan fingerprint density at radius 2 is 1.88 bits per heavy atom. The van der Waals surface area contributed by atoms with Crippen molar-refractivity contribution in [2.24, 2.45) is 0 Å². The molecule has 136 valence electrons. The fraction of sp³-hybridized carbons (Fsp3) is 0.300. The molecule has 4 nitrogen and oxygen atoms in total. The summed E-state index contributed by atoms with van der Waals surface area (Å²) in [5.41, 5.74) is 1.46. The van der Waals surface area contributed by atoms with Crippen molar-refractivity contribution in [3.8, 4) is 0 Å². The van der Waals surface area contributed by atoms with Gasteiger partial charge in [0.25, 0.3) is 5.91 Å². The summed E-state index contributed by atoms with van der Waals surface area (Å²) in [6.45, 7) is 4.96. The third kappa shape index (κ3) is 3.65. The lowest BCUT2D eigenvalue weighted by molar-refractivity contribution is 0.0672. The zero-order valence-corrected chi connectivity index (χ0v) is 16.3. The van der Waals surface area contributed by atoms with Crippen molar-refractivity contribution in [2.75, 3.05) is 24.5 Å². The van der Waals surface area contributed by atoms with Gasteiger partial charge in [0.1, 0.15) is 5.82 Å². The summed E-state index contributed by atoms with van der Waals surface area (Å²) in [5, 5.41) is 0. The lowest BCUT2D eigenvalue weighted by atomic mass is 10.1. The molecule has 0 aliphatic carbocycles. The minimum atomic E-state index is -0.407. The highest BCUT2D eigenvalue weighted by Crippen LogP contribution is 2.26. The molecular weight excluding hydrogens is 399 g/mol. The number of anilines is 1. The number of hydrogen-bond donors (Lipinski definition) is 0. The summed E-state index contributed by atoms with van der Waals surface area (Å²) in [6, 6.07) is 11.9. The third-order valence-electron chi connectivity index (χ3n) is 4.69. The van der Waals surface area contributed by atoms with Gasteiger partial charge < -0.3 is 9.80 Å². The number of carbonyl (C=O) groups is 2. The highest BCUT2D eigenvalue weighted by molar-refractivity contribution is 9.10. The van der Waals surface area contributed by atoms with Crippen LogP contribution < -0.4 is 4.90 Å². The number of carbonyl (C=O) groups excluding carboxylic acids is 2. The van der Waals surface area contributed by atoms with Crippen LogP contribution in [0.5, 0.6) is 0 Å². The SMILES string of the molecule is CC(=O)c1ccc(N2CCN(C(=O)c3ccccc3Br)[C@H](C)C2)c(F)c1. The van der Waals surface area contributed by atoms with E-state index in [0.717, 1.165) is 4.47 Å². The molecule has 0 saturated carbocycles. The third-order valence-corrected chi connectivity index (χ3v) is 5.38. The van der Waals surface area contributed by atoms with E-state index in [-0.39, 0.29) is 17.7 Å². The first-order valence-electron chi connectivity index (χ1n) is 8.49. The fourth-order valence-corrected chi connectivity index (χ4v) is 3.70. The topological polar surface area (TPSA) is 40.6 Å². The first kappa shape index (κ1) is 18.6. The van der Waals surface area contributed by atoms with E-state index in [0.29, 0.717) is 36.4 Å². The Balaban J connectivity index is 1.76. The van der Waals surface area contributed by atoms with Crippen LogP contribution >= 0.6 is 15.9 Å². The second-order valence-electron chi connectivity index (χ2n) is 6.50. The average molecular weight is 419 g/mol. The number of amides is 1. The Labute approximate surface area is 160 Å². The summed E-state index contributed by atoms with van der Waals surface area (Å²) in [7, 11) is 0. The monoisotopic (exact) mass is 418 g/mol. The van der Waals surface area contributed by atoms with Crippen LogP contribution in [0.4, 0.5) is 10.1 Å². The van der Waals surface area contributed by atoms with Gasteiger partial charge >= 0.3 is 0 Å². The van der Waals surface area contributed by atoms with Crippen LogP contribution in [0.15, 0.2) is 46.9 Å². The number of hydrogen-bond acceptors (Lipinski definition) is 3. The van der Waals surface area contributed by atoms with Gasteiger partial charge in [-0.2, -0.15) is 0 Å². The van der Waals surface area contributed by atoms with E-state index in [2.05, 4.69) is 15.9 Å². The van der Waals surface area contributed by atoms with Gasteiger partial charge in [-0.1, -0.05) is 12.1 Å². The first-order chi connectivity index (χ1) is 12.4. The molecule has 2 aromatic carbocycles. The van der Waals surface area contributed by atoms with Gasteiger partial charge in [-0.3, -0.25) is 9.59 Å². The molecule has 1 aliphatic rings. The summed E-state index contributed by atoms with van der Waals surface area (Å²) < 4.78 is 15.2. The minimum absolute atomic E-state index is 0.0305. The predicted octanol–water partition coefficient (Wildman–Crippen LogP) is 4.14. The van der Waals surface area contributed by atoms with E-state index in [4.69, 9.17) is 0 Å². The fourth-order valence-electron chi connectivity index (χ4n) is 3.25. The van der Waals surface area contributed by atoms with Gasteiger partial charge in [0.2, 0.25) is 0 Å². The largest absolute Gasteiger partial charge is 0.365 e. The number of halogens is 2. The van der Waals surface area contributed by atoms with E-state index in [9.17, 15) is 14.0 Å². The molecule has 2 aromatic rings. The maximum atomic E-state index is 14.4. The highest BCUT2D eigenvalue weighted by Gasteiger charge is 2.30. The van der Waals surface area contributed by atoms with Gasteiger partial charge in [-0.15, -0.1) is 0 Å². The summed E-state index contributed by atoms with van der Waals surface area (Å²) >= 11 is 3.42. The lowest BCUT2D eigenvalue weighted by Gasteiger charge is -2.41. The average Bonchev–Trinajstić information content (AvgIpc) is 2.61. The quantitative estimate of drug-likeness (QED) is 0.703. The number of ketones is 1. The molecule has 0 aromatic heterocycles. The van der Waals surface area contributed by atoms with Crippen LogP contribution in [0, 0.1) is 5.82 Å². The normalized spacial score (nSPS) is 17.3. The molecular formula is C20H20BrFN2O2. The van der Waals surface area contributed by atoms with E-state index in [1.807, 2.05) is 34.9 Å². The van der Waals surface area contributed by atoms with Crippen LogP contribution in [0.1, 0.15) is 34.6 Å². The van der Waals surface area contributed by atoms with Crippen molar-refractivity contribution in [1.82, 2.24) is 4.90 Å². The molecule has 0 radical (unpaired) electrons. The molecule has 1 atom stereocenters. The predicted molar refractivity (Wildman–Crippen MR) is 103 cm³/mol. The first-order valence-corrected chi connectivity index (χ1v) is 9.28.